The van der Waals surface area contributed by atoms with Crippen molar-refractivity contribution in [2.75, 3.05) is 0 Å². The Morgan fingerprint density at radius 1 is 1.33 bits per heavy atom. The molecule has 21 heavy (non-hydrogen) atoms. The number of aryl methyl sites for hydroxylation is 1. The van der Waals surface area contributed by atoms with Crippen molar-refractivity contribution in [2.24, 2.45) is 5.41 Å². The van der Waals surface area contributed by atoms with Crippen molar-refractivity contribution < 1.29 is 4.79 Å². The maximum Gasteiger partial charge on any atom is 0.291 e. The Bertz CT molecular complexity index is 909. The fraction of sp³-hybridized carbons (Fsp3) is 0.400. The first kappa shape index (κ1) is 14.0. The van der Waals surface area contributed by atoms with Crippen LogP contribution in [-0.4, -0.2) is 20.0 Å². The minimum Gasteiger partial charge on any atom is -0.297 e. The normalized spacial score (nSPS) is 12.4. The first-order chi connectivity index (χ1) is 9.79. The van der Waals surface area contributed by atoms with E-state index < -0.39 is 5.41 Å². The van der Waals surface area contributed by atoms with Crippen molar-refractivity contribution in [1.29, 1.82) is 0 Å². The van der Waals surface area contributed by atoms with E-state index >= 15 is 0 Å². The van der Waals surface area contributed by atoms with Gasteiger partial charge in [-0.15, -0.1) is 11.3 Å². The highest BCUT2D eigenvalue weighted by Crippen LogP contribution is 2.24. The van der Waals surface area contributed by atoms with E-state index in [4.69, 9.17) is 0 Å². The Morgan fingerprint density at radius 2 is 2.05 bits per heavy atom. The summed E-state index contributed by atoms with van der Waals surface area (Å²) in [6, 6.07) is 3.85. The molecule has 3 aromatic heterocycles. The van der Waals surface area contributed by atoms with Crippen LogP contribution in [0.4, 0.5) is 0 Å². The van der Waals surface area contributed by atoms with Gasteiger partial charge < -0.3 is 0 Å². The zero-order valence-corrected chi connectivity index (χ0v) is 13.3. The molecule has 0 aliphatic heterocycles. The van der Waals surface area contributed by atoms with Crippen LogP contribution >= 0.6 is 11.3 Å². The van der Waals surface area contributed by atoms with Gasteiger partial charge in [0.2, 0.25) is 0 Å². The van der Waals surface area contributed by atoms with Crippen LogP contribution in [0.2, 0.25) is 0 Å². The molecule has 6 heteroatoms. The number of thiophene rings is 1. The Morgan fingerprint density at radius 3 is 2.71 bits per heavy atom. The fourth-order valence-corrected chi connectivity index (χ4v) is 3.11. The molecule has 0 atom stereocenters. The van der Waals surface area contributed by atoms with Crippen molar-refractivity contribution in [2.45, 2.75) is 34.2 Å². The van der Waals surface area contributed by atoms with Gasteiger partial charge in [0.25, 0.3) is 5.56 Å². The third-order valence-electron chi connectivity index (χ3n) is 3.60. The molecule has 3 rings (SSSR count). The summed E-state index contributed by atoms with van der Waals surface area (Å²) in [5.41, 5.74) is 0.864. The van der Waals surface area contributed by atoms with E-state index in [0.29, 0.717) is 11.3 Å². The van der Waals surface area contributed by atoms with Crippen LogP contribution in [0.25, 0.3) is 15.7 Å². The molecule has 0 fully saturated rings. The summed E-state index contributed by atoms with van der Waals surface area (Å²) in [7, 11) is 0. The van der Waals surface area contributed by atoms with Gasteiger partial charge in [0.1, 0.15) is 17.9 Å². The predicted octanol–water partition coefficient (Wildman–Crippen LogP) is 2.63. The lowest BCUT2D eigenvalue weighted by Gasteiger charge is -2.17. The molecule has 3 aromatic rings. The number of carbonyl (C=O) groups is 1. The summed E-state index contributed by atoms with van der Waals surface area (Å²) in [4.78, 5) is 24.7. The first-order valence-electron chi connectivity index (χ1n) is 6.79. The molecule has 5 nitrogen and oxygen atoms in total. The average molecular weight is 303 g/mol. The highest BCUT2D eigenvalue weighted by molar-refractivity contribution is 7.17. The number of aromatic nitrogens is 3. The van der Waals surface area contributed by atoms with Gasteiger partial charge in [0.05, 0.1) is 10.2 Å². The molecule has 0 aromatic carbocycles. The molecule has 110 valence electrons. The number of fused-ring (bicyclic) bond motifs is 3. The number of carbonyl (C=O) groups excluding carboxylic acids is 1. The minimum absolute atomic E-state index is 0.00535. The summed E-state index contributed by atoms with van der Waals surface area (Å²) in [6.45, 7) is 7.40. The Labute approximate surface area is 125 Å². The number of hydrogen-bond acceptors (Lipinski definition) is 4. The second-order valence-electron chi connectivity index (χ2n) is 6.22. The number of ketones is 1. The quantitative estimate of drug-likeness (QED) is 0.731. The lowest BCUT2D eigenvalue weighted by molar-refractivity contribution is -0.127. The van der Waals surface area contributed by atoms with Gasteiger partial charge >= 0.3 is 0 Å². The molecule has 0 aliphatic rings. The van der Waals surface area contributed by atoms with Crippen molar-refractivity contribution in [3.05, 3.63) is 33.7 Å². The Balaban J connectivity index is 2.20. The van der Waals surface area contributed by atoms with Gasteiger partial charge in [-0.25, -0.2) is 4.68 Å². The van der Waals surface area contributed by atoms with Crippen molar-refractivity contribution in [3.8, 4) is 0 Å². The van der Waals surface area contributed by atoms with E-state index in [1.807, 2.05) is 49.6 Å². The summed E-state index contributed by atoms with van der Waals surface area (Å²) in [5, 5.41) is 6.30. The number of hydrogen-bond donors (Lipinski definition) is 0. The first-order valence-corrected chi connectivity index (χ1v) is 7.66. The standard InChI is InChI=1S/C15H17N3O2S/c1-9-16-17(8-13(19)15(2,3)4)14(20)11-7-12-10(18(9)11)5-6-21-12/h5-7H,8H2,1-4H3. The van der Waals surface area contributed by atoms with Gasteiger partial charge in [0, 0.05) is 5.41 Å². The van der Waals surface area contributed by atoms with E-state index in [-0.39, 0.29) is 17.9 Å². The van der Waals surface area contributed by atoms with E-state index in [0.717, 1.165) is 10.2 Å². The predicted molar refractivity (Wildman–Crippen MR) is 84.0 cm³/mol. The molecule has 0 saturated carbocycles. The number of rotatable bonds is 2. The van der Waals surface area contributed by atoms with Crippen molar-refractivity contribution in [3.63, 3.8) is 0 Å². The van der Waals surface area contributed by atoms with E-state index in [1.165, 1.54) is 4.68 Å². The lowest BCUT2D eigenvalue weighted by Crippen LogP contribution is -2.33. The van der Waals surface area contributed by atoms with Crippen LogP contribution < -0.4 is 5.56 Å². The molecule has 0 spiro atoms. The Kier molecular flexibility index (Phi) is 3.02. The van der Waals surface area contributed by atoms with Crippen LogP contribution in [-0.2, 0) is 11.3 Å². The van der Waals surface area contributed by atoms with Gasteiger partial charge in [-0.2, -0.15) is 5.10 Å². The van der Waals surface area contributed by atoms with Crippen LogP contribution in [0.15, 0.2) is 22.3 Å². The molecule has 0 unspecified atom stereocenters. The molecule has 0 amide bonds. The number of nitrogens with zero attached hydrogens (tertiary/aromatic N) is 3. The summed E-state index contributed by atoms with van der Waals surface area (Å²) >= 11 is 1.59. The molecule has 0 saturated heterocycles. The number of Topliss-reactive ketones (excluding diaryl/α,β-unsaturated/α-hetero) is 1. The molecular formula is C15H17N3O2S. The zero-order chi connectivity index (χ0) is 15.4. The van der Waals surface area contributed by atoms with Crippen molar-refractivity contribution in [1.82, 2.24) is 14.2 Å². The zero-order valence-electron chi connectivity index (χ0n) is 12.5. The fourth-order valence-electron chi connectivity index (χ4n) is 2.31. The molecule has 0 radical (unpaired) electrons. The average Bonchev–Trinajstić information content (AvgIpc) is 2.93. The highest BCUT2D eigenvalue weighted by Gasteiger charge is 2.23. The van der Waals surface area contributed by atoms with Crippen LogP contribution in [0, 0.1) is 12.3 Å². The molecule has 0 N–H and O–H groups in total. The second-order valence-corrected chi connectivity index (χ2v) is 7.17. The SMILES string of the molecule is Cc1nn(CC(=O)C(C)(C)C)c(=O)c2cc3sccc3n12. The second kappa shape index (κ2) is 4.53. The largest absolute Gasteiger partial charge is 0.297 e. The molecule has 0 aliphatic carbocycles. The lowest BCUT2D eigenvalue weighted by atomic mass is 9.91. The van der Waals surface area contributed by atoms with E-state index in [9.17, 15) is 9.59 Å². The molecule has 0 bridgehead atoms. The van der Waals surface area contributed by atoms with Crippen LogP contribution in [0.5, 0.6) is 0 Å². The summed E-state index contributed by atoms with van der Waals surface area (Å²) in [5.74, 6) is 0.703. The van der Waals surface area contributed by atoms with E-state index in [1.54, 1.807) is 11.3 Å². The van der Waals surface area contributed by atoms with Gasteiger partial charge in [0.15, 0.2) is 5.78 Å². The minimum atomic E-state index is -0.483. The van der Waals surface area contributed by atoms with Crippen LogP contribution in [0.1, 0.15) is 26.6 Å². The summed E-state index contributed by atoms with van der Waals surface area (Å²) in [6.07, 6.45) is 0. The molecular weight excluding hydrogens is 286 g/mol. The third-order valence-corrected chi connectivity index (χ3v) is 4.45. The van der Waals surface area contributed by atoms with Gasteiger partial charge in [-0.05, 0) is 24.4 Å². The van der Waals surface area contributed by atoms with Gasteiger partial charge in [-0.1, -0.05) is 20.8 Å². The van der Waals surface area contributed by atoms with Crippen LogP contribution in [0.3, 0.4) is 0 Å². The maximum atomic E-state index is 12.5. The smallest absolute Gasteiger partial charge is 0.291 e. The van der Waals surface area contributed by atoms with Crippen molar-refractivity contribution >= 4 is 32.9 Å². The summed E-state index contributed by atoms with van der Waals surface area (Å²) < 4.78 is 4.19. The highest BCUT2D eigenvalue weighted by atomic mass is 32.1. The molecule has 3 heterocycles. The van der Waals surface area contributed by atoms with Gasteiger partial charge in [-0.3, -0.25) is 14.0 Å². The maximum absolute atomic E-state index is 12.5. The topological polar surface area (TPSA) is 56.4 Å². The Hall–Kier alpha value is -1.95. The monoisotopic (exact) mass is 303 g/mol. The van der Waals surface area contributed by atoms with E-state index in [2.05, 4.69) is 5.10 Å². The third kappa shape index (κ3) is 2.19.